The lowest BCUT2D eigenvalue weighted by atomic mass is 10.0. The predicted octanol–water partition coefficient (Wildman–Crippen LogP) is 2.02. The van der Waals surface area contributed by atoms with Gasteiger partial charge in [0.2, 0.25) is 6.79 Å². The first-order valence-electron chi connectivity index (χ1n) is 7.67. The number of carbonyl (C=O) groups is 1. The number of carbonyl (C=O) groups excluding carboxylic acids is 1. The van der Waals surface area contributed by atoms with E-state index in [0.717, 1.165) is 25.9 Å². The molecule has 0 bridgehead atoms. The summed E-state index contributed by atoms with van der Waals surface area (Å²) < 4.78 is 10.7. The SMILES string of the molecule is CCC1CN(C(=O)c2ccc3c(c2)OCO3)C(CC)CN1. The molecule has 2 aliphatic heterocycles. The van der Waals surface area contributed by atoms with Crippen molar-refractivity contribution in [1.29, 1.82) is 0 Å². The van der Waals surface area contributed by atoms with Crippen molar-refractivity contribution in [1.82, 2.24) is 10.2 Å². The number of fused-ring (bicyclic) bond motifs is 1. The summed E-state index contributed by atoms with van der Waals surface area (Å²) in [4.78, 5) is 14.8. The monoisotopic (exact) mass is 290 g/mol. The zero-order valence-electron chi connectivity index (χ0n) is 12.6. The van der Waals surface area contributed by atoms with Gasteiger partial charge < -0.3 is 19.7 Å². The molecule has 0 spiro atoms. The molecule has 1 aromatic carbocycles. The minimum absolute atomic E-state index is 0.0834. The molecule has 5 heteroatoms. The summed E-state index contributed by atoms with van der Waals surface area (Å²) in [5.74, 6) is 1.46. The Bertz CT molecular complexity index is 532. The van der Waals surface area contributed by atoms with E-state index in [-0.39, 0.29) is 18.7 Å². The molecule has 0 radical (unpaired) electrons. The van der Waals surface area contributed by atoms with Gasteiger partial charge in [-0.1, -0.05) is 13.8 Å². The van der Waals surface area contributed by atoms with Crippen molar-refractivity contribution in [2.24, 2.45) is 0 Å². The molecule has 1 amide bonds. The molecule has 3 rings (SSSR count). The number of rotatable bonds is 3. The first-order chi connectivity index (χ1) is 10.2. The molecule has 2 unspecified atom stereocenters. The lowest BCUT2D eigenvalue weighted by Gasteiger charge is -2.40. The van der Waals surface area contributed by atoms with Crippen molar-refractivity contribution >= 4 is 5.91 Å². The zero-order valence-corrected chi connectivity index (χ0v) is 12.6. The smallest absolute Gasteiger partial charge is 0.254 e. The highest BCUT2D eigenvalue weighted by molar-refractivity contribution is 5.95. The maximum absolute atomic E-state index is 12.8. The van der Waals surface area contributed by atoms with E-state index in [9.17, 15) is 4.79 Å². The normalized spacial score (nSPS) is 24.2. The maximum atomic E-state index is 12.8. The third-order valence-electron chi connectivity index (χ3n) is 4.34. The van der Waals surface area contributed by atoms with Gasteiger partial charge in [-0.25, -0.2) is 0 Å². The summed E-state index contributed by atoms with van der Waals surface area (Å²) in [6, 6.07) is 6.07. The number of ether oxygens (including phenoxy) is 2. The van der Waals surface area contributed by atoms with Crippen LogP contribution in [0.2, 0.25) is 0 Å². The maximum Gasteiger partial charge on any atom is 0.254 e. The Balaban J connectivity index is 1.82. The summed E-state index contributed by atoms with van der Waals surface area (Å²) >= 11 is 0. The van der Waals surface area contributed by atoms with Crippen molar-refractivity contribution in [3.05, 3.63) is 23.8 Å². The first kappa shape index (κ1) is 14.2. The van der Waals surface area contributed by atoms with Crippen molar-refractivity contribution in [3.8, 4) is 11.5 Å². The van der Waals surface area contributed by atoms with E-state index in [2.05, 4.69) is 19.2 Å². The summed E-state index contributed by atoms with van der Waals surface area (Å²) in [5.41, 5.74) is 0.675. The molecule has 2 heterocycles. The minimum atomic E-state index is 0.0834. The van der Waals surface area contributed by atoms with E-state index in [1.54, 1.807) is 6.07 Å². The van der Waals surface area contributed by atoms with Crippen LogP contribution in [0.15, 0.2) is 18.2 Å². The highest BCUT2D eigenvalue weighted by Crippen LogP contribution is 2.33. The second-order valence-electron chi connectivity index (χ2n) is 5.60. The van der Waals surface area contributed by atoms with Crippen LogP contribution in [0.4, 0.5) is 0 Å². The van der Waals surface area contributed by atoms with E-state index in [0.29, 0.717) is 23.1 Å². The molecule has 1 aromatic rings. The Morgan fingerprint density at radius 3 is 2.86 bits per heavy atom. The van der Waals surface area contributed by atoms with Crippen LogP contribution in [0, 0.1) is 0 Å². The topological polar surface area (TPSA) is 50.8 Å². The largest absolute Gasteiger partial charge is 0.454 e. The Hall–Kier alpha value is -1.75. The highest BCUT2D eigenvalue weighted by atomic mass is 16.7. The Kier molecular flexibility index (Phi) is 4.01. The third-order valence-corrected chi connectivity index (χ3v) is 4.34. The molecule has 1 N–H and O–H groups in total. The first-order valence-corrected chi connectivity index (χ1v) is 7.67. The van der Waals surface area contributed by atoms with Crippen LogP contribution in [0.25, 0.3) is 0 Å². The van der Waals surface area contributed by atoms with Crippen LogP contribution < -0.4 is 14.8 Å². The van der Waals surface area contributed by atoms with Crippen LogP contribution in [-0.4, -0.2) is 42.8 Å². The average molecular weight is 290 g/mol. The van der Waals surface area contributed by atoms with Crippen molar-refractivity contribution < 1.29 is 14.3 Å². The van der Waals surface area contributed by atoms with Gasteiger partial charge in [-0.2, -0.15) is 0 Å². The second kappa shape index (κ2) is 5.93. The Morgan fingerprint density at radius 1 is 1.29 bits per heavy atom. The summed E-state index contributed by atoms with van der Waals surface area (Å²) in [5, 5.41) is 3.51. The molecule has 1 fully saturated rings. The van der Waals surface area contributed by atoms with Gasteiger partial charge in [0.05, 0.1) is 0 Å². The van der Waals surface area contributed by atoms with E-state index in [1.807, 2.05) is 17.0 Å². The van der Waals surface area contributed by atoms with Gasteiger partial charge in [0.15, 0.2) is 11.5 Å². The molecule has 114 valence electrons. The second-order valence-corrected chi connectivity index (χ2v) is 5.60. The fourth-order valence-electron chi connectivity index (χ4n) is 2.95. The molecular weight excluding hydrogens is 268 g/mol. The zero-order chi connectivity index (χ0) is 14.8. The van der Waals surface area contributed by atoms with Crippen molar-refractivity contribution in [2.45, 2.75) is 38.8 Å². The molecule has 2 aliphatic rings. The molecule has 5 nitrogen and oxygen atoms in total. The van der Waals surface area contributed by atoms with Gasteiger partial charge >= 0.3 is 0 Å². The van der Waals surface area contributed by atoms with Crippen LogP contribution in [0.3, 0.4) is 0 Å². The molecule has 0 aromatic heterocycles. The minimum Gasteiger partial charge on any atom is -0.454 e. The van der Waals surface area contributed by atoms with Gasteiger partial charge in [0, 0.05) is 30.7 Å². The van der Waals surface area contributed by atoms with Gasteiger partial charge in [0.25, 0.3) is 5.91 Å². The lowest BCUT2D eigenvalue weighted by Crippen LogP contribution is -2.57. The number of amides is 1. The number of hydrogen-bond acceptors (Lipinski definition) is 4. The summed E-state index contributed by atoms with van der Waals surface area (Å²) in [7, 11) is 0. The van der Waals surface area contributed by atoms with E-state index in [4.69, 9.17) is 9.47 Å². The van der Waals surface area contributed by atoms with Crippen molar-refractivity contribution in [3.63, 3.8) is 0 Å². The molecule has 2 atom stereocenters. The molecular formula is C16H22N2O3. The van der Waals surface area contributed by atoms with Gasteiger partial charge in [0.1, 0.15) is 0 Å². The third kappa shape index (κ3) is 2.70. The van der Waals surface area contributed by atoms with Gasteiger partial charge in [-0.3, -0.25) is 4.79 Å². The Morgan fingerprint density at radius 2 is 2.10 bits per heavy atom. The molecule has 1 saturated heterocycles. The summed E-state index contributed by atoms with van der Waals surface area (Å²) in [6.45, 7) is 6.13. The standard InChI is InChI=1S/C16H22N2O3/c1-3-12-9-18(13(4-2)8-17-12)16(19)11-5-6-14-15(7-11)21-10-20-14/h5-7,12-13,17H,3-4,8-10H2,1-2H3. The number of benzene rings is 1. The number of hydrogen-bond donors (Lipinski definition) is 1. The van der Waals surface area contributed by atoms with E-state index >= 15 is 0 Å². The average Bonchev–Trinajstić information content (AvgIpc) is 3.01. The van der Waals surface area contributed by atoms with Gasteiger partial charge in [-0.15, -0.1) is 0 Å². The molecule has 0 aliphatic carbocycles. The fraction of sp³-hybridized carbons (Fsp3) is 0.562. The summed E-state index contributed by atoms with van der Waals surface area (Å²) in [6.07, 6.45) is 1.99. The molecule has 0 saturated carbocycles. The quantitative estimate of drug-likeness (QED) is 0.925. The van der Waals surface area contributed by atoms with Crippen LogP contribution in [-0.2, 0) is 0 Å². The predicted molar refractivity (Wildman–Crippen MR) is 79.8 cm³/mol. The number of nitrogens with zero attached hydrogens (tertiary/aromatic N) is 1. The van der Waals surface area contributed by atoms with Crippen LogP contribution in [0.1, 0.15) is 37.0 Å². The van der Waals surface area contributed by atoms with Crippen molar-refractivity contribution in [2.75, 3.05) is 19.9 Å². The highest BCUT2D eigenvalue weighted by Gasteiger charge is 2.30. The van der Waals surface area contributed by atoms with E-state index in [1.165, 1.54) is 0 Å². The lowest BCUT2D eigenvalue weighted by molar-refractivity contribution is 0.0575. The number of nitrogens with one attached hydrogen (secondary N) is 1. The number of piperazine rings is 1. The molecule has 21 heavy (non-hydrogen) atoms. The fourth-order valence-corrected chi connectivity index (χ4v) is 2.95. The van der Waals surface area contributed by atoms with Crippen LogP contribution >= 0.6 is 0 Å². The Labute approximate surface area is 125 Å². The van der Waals surface area contributed by atoms with Gasteiger partial charge in [-0.05, 0) is 31.0 Å². The van der Waals surface area contributed by atoms with E-state index < -0.39 is 0 Å². The van der Waals surface area contributed by atoms with Crippen LogP contribution in [0.5, 0.6) is 11.5 Å².